The summed E-state index contributed by atoms with van der Waals surface area (Å²) in [6.45, 7) is 7.52. The molecule has 1 fully saturated rings. The van der Waals surface area contributed by atoms with Crippen LogP contribution in [0, 0.1) is 0 Å². The maximum absolute atomic E-state index is 13.4. The summed E-state index contributed by atoms with van der Waals surface area (Å²) in [7, 11) is 0. The molecule has 0 bridgehead atoms. The highest BCUT2D eigenvalue weighted by Gasteiger charge is 2.56. The van der Waals surface area contributed by atoms with Crippen LogP contribution >= 0.6 is 0 Å². The Hall–Kier alpha value is -2.37. The molecule has 0 atom stereocenters. The Balaban J connectivity index is 1.62. The lowest BCUT2D eigenvalue weighted by atomic mass is 10.0. The first-order valence-electron chi connectivity index (χ1n) is 10.5. The number of rotatable bonds is 7. The van der Waals surface area contributed by atoms with Crippen molar-refractivity contribution in [3.05, 3.63) is 59.2 Å². The predicted molar refractivity (Wildman–Crippen MR) is 112 cm³/mol. The van der Waals surface area contributed by atoms with E-state index in [2.05, 4.69) is 19.1 Å². The minimum Gasteiger partial charge on any atom is -0.491 e. The van der Waals surface area contributed by atoms with Crippen LogP contribution in [0.4, 0.5) is 5.69 Å². The molecule has 2 aromatic carbocycles. The third-order valence-electron chi connectivity index (χ3n) is 5.38. The highest BCUT2D eigenvalue weighted by Crippen LogP contribution is 2.46. The standard InChI is InChI=1S/C24H29NO4/c1-4-5-6-18-9-12-22-21(15-18)24(27-13-14-28-24)23(26)25(22)16-19-7-10-20(11-8-19)29-17(2)3/h7-12,15,17H,4-6,13-14,16H2,1-3H3. The monoisotopic (exact) mass is 395 g/mol. The van der Waals surface area contributed by atoms with Crippen LogP contribution in [-0.2, 0) is 33.0 Å². The van der Waals surface area contributed by atoms with Gasteiger partial charge in [0.05, 0.1) is 31.5 Å². The molecule has 2 aliphatic heterocycles. The zero-order valence-corrected chi connectivity index (χ0v) is 17.4. The number of carbonyl (C=O) groups excluding carboxylic acids is 1. The molecule has 1 saturated heterocycles. The fourth-order valence-corrected chi connectivity index (χ4v) is 4.00. The highest BCUT2D eigenvalue weighted by atomic mass is 16.7. The molecule has 4 rings (SSSR count). The Morgan fingerprint density at radius 1 is 1.07 bits per heavy atom. The number of nitrogens with zero attached hydrogens (tertiary/aromatic N) is 1. The van der Waals surface area contributed by atoms with Gasteiger partial charge in [-0.3, -0.25) is 4.79 Å². The largest absolute Gasteiger partial charge is 0.491 e. The van der Waals surface area contributed by atoms with Crippen LogP contribution in [0.5, 0.6) is 5.75 Å². The van der Waals surface area contributed by atoms with Crippen molar-refractivity contribution in [1.29, 1.82) is 0 Å². The third kappa shape index (κ3) is 3.77. The Labute approximate surface area is 172 Å². The van der Waals surface area contributed by atoms with E-state index in [9.17, 15) is 4.79 Å². The first-order valence-corrected chi connectivity index (χ1v) is 10.5. The third-order valence-corrected chi connectivity index (χ3v) is 5.38. The van der Waals surface area contributed by atoms with Crippen LogP contribution < -0.4 is 9.64 Å². The number of unbranched alkanes of at least 4 members (excludes halogenated alkanes) is 1. The average Bonchev–Trinajstić information content (AvgIpc) is 3.29. The minimum absolute atomic E-state index is 0.131. The molecule has 0 N–H and O–H groups in total. The van der Waals surface area contributed by atoms with E-state index in [1.165, 1.54) is 5.56 Å². The Morgan fingerprint density at radius 2 is 1.76 bits per heavy atom. The van der Waals surface area contributed by atoms with Gasteiger partial charge in [-0.05, 0) is 62.1 Å². The molecule has 2 heterocycles. The van der Waals surface area contributed by atoms with Crippen molar-refractivity contribution in [3.8, 4) is 5.75 Å². The lowest BCUT2D eigenvalue weighted by Gasteiger charge is -2.22. The molecule has 0 unspecified atom stereocenters. The van der Waals surface area contributed by atoms with Crippen LogP contribution in [0.3, 0.4) is 0 Å². The fraction of sp³-hybridized carbons (Fsp3) is 0.458. The van der Waals surface area contributed by atoms with E-state index >= 15 is 0 Å². The van der Waals surface area contributed by atoms with Gasteiger partial charge in [0.1, 0.15) is 5.75 Å². The van der Waals surface area contributed by atoms with Crippen LogP contribution in [-0.4, -0.2) is 25.2 Å². The van der Waals surface area contributed by atoms with Gasteiger partial charge in [-0.15, -0.1) is 0 Å². The Morgan fingerprint density at radius 3 is 2.41 bits per heavy atom. The number of aryl methyl sites for hydroxylation is 1. The first kappa shape index (κ1) is 19.9. The van der Waals surface area contributed by atoms with Crippen molar-refractivity contribution >= 4 is 11.6 Å². The summed E-state index contributed by atoms with van der Waals surface area (Å²) in [5, 5.41) is 0. The zero-order chi connectivity index (χ0) is 20.4. The topological polar surface area (TPSA) is 48.0 Å². The summed E-state index contributed by atoms with van der Waals surface area (Å²) in [5.74, 6) is -0.588. The van der Waals surface area contributed by atoms with Gasteiger partial charge >= 0.3 is 0 Å². The molecule has 1 amide bonds. The fourth-order valence-electron chi connectivity index (χ4n) is 4.00. The van der Waals surface area contributed by atoms with Crippen LogP contribution in [0.25, 0.3) is 0 Å². The number of benzene rings is 2. The van der Waals surface area contributed by atoms with Crippen molar-refractivity contribution < 1.29 is 19.0 Å². The van der Waals surface area contributed by atoms with Gasteiger partial charge < -0.3 is 19.1 Å². The molecule has 1 spiro atoms. The van der Waals surface area contributed by atoms with E-state index in [4.69, 9.17) is 14.2 Å². The number of hydrogen-bond acceptors (Lipinski definition) is 4. The van der Waals surface area contributed by atoms with Crippen molar-refractivity contribution in [1.82, 2.24) is 0 Å². The number of hydrogen-bond donors (Lipinski definition) is 0. The van der Waals surface area contributed by atoms with Crippen LogP contribution in [0.1, 0.15) is 50.3 Å². The van der Waals surface area contributed by atoms with Crippen molar-refractivity contribution in [3.63, 3.8) is 0 Å². The number of ether oxygens (including phenoxy) is 3. The van der Waals surface area contributed by atoms with Gasteiger partial charge in [0.25, 0.3) is 11.7 Å². The normalized spacial score (nSPS) is 17.4. The van der Waals surface area contributed by atoms with Gasteiger partial charge in [0.2, 0.25) is 0 Å². The minimum atomic E-state index is -1.28. The first-order chi connectivity index (χ1) is 14.0. The van der Waals surface area contributed by atoms with Crippen LogP contribution in [0.15, 0.2) is 42.5 Å². The van der Waals surface area contributed by atoms with Gasteiger partial charge in [0, 0.05) is 5.56 Å². The van der Waals surface area contributed by atoms with E-state index in [0.29, 0.717) is 19.8 Å². The Kier molecular flexibility index (Phi) is 5.61. The summed E-state index contributed by atoms with van der Waals surface area (Å²) in [6.07, 6.45) is 3.38. The van der Waals surface area contributed by atoms with Crippen molar-refractivity contribution in [2.75, 3.05) is 18.1 Å². The maximum Gasteiger partial charge on any atom is 0.292 e. The van der Waals surface area contributed by atoms with E-state index in [-0.39, 0.29) is 12.0 Å². The second-order valence-electron chi connectivity index (χ2n) is 7.97. The van der Waals surface area contributed by atoms with E-state index in [1.54, 1.807) is 4.90 Å². The van der Waals surface area contributed by atoms with Gasteiger partial charge in [-0.25, -0.2) is 0 Å². The summed E-state index contributed by atoms with van der Waals surface area (Å²) < 4.78 is 17.5. The second kappa shape index (κ2) is 8.17. The Bertz CT molecular complexity index is 869. The molecule has 2 aromatic rings. The summed E-state index contributed by atoms with van der Waals surface area (Å²) in [4.78, 5) is 15.2. The second-order valence-corrected chi connectivity index (χ2v) is 7.97. The smallest absolute Gasteiger partial charge is 0.292 e. The maximum atomic E-state index is 13.4. The summed E-state index contributed by atoms with van der Waals surface area (Å²) in [5.41, 5.74) is 3.97. The number of anilines is 1. The van der Waals surface area contributed by atoms with Gasteiger partial charge in [-0.1, -0.05) is 31.5 Å². The molecule has 0 radical (unpaired) electrons. The molecular weight excluding hydrogens is 366 g/mol. The quantitative estimate of drug-likeness (QED) is 0.689. The molecular formula is C24H29NO4. The van der Waals surface area contributed by atoms with E-state index in [1.807, 2.05) is 44.2 Å². The van der Waals surface area contributed by atoms with Crippen LogP contribution in [0.2, 0.25) is 0 Å². The van der Waals surface area contributed by atoms with Crippen molar-refractivity contribution in [2.24, 2.45) is 0 Å². The summed E-state index contributed by atoms with van der Waals surface area (Å²) >= 11 is 0. The number of fused-ring (bicyclic) bond motifs is 2. The molecule has 0 saturated carbocycles. The number of amides is 1. The summed E-state index contributed by atoms with van der Waals surface area (Å²) in [6, 6.07) is 14.1. The van der Waals surface area contributed by atoms with E-state index in [0.717, 1.165) is 41.8 Å². The van der Waals surface area contributed by atoms with Gasteiger partial charge in [-0.2, -0.15) is 0 Å². The molecule has 0 aromatic heterocycles. The SMILES string of the molecule is CCCCc1ccc2c(c1)C1(OCCO1)C(=O)N2Cc1ccc(OC(C)C)cc1. The number of carbonyl (C=O) groups is 1. The lowest BCUT2D eigenvalue weighted by molar-refractivity contribution is -0.180. The molecule has 154 valence electrons. The average molecular weight is 395 g/mol. The zero-order valence-electron chi connectivity index (χ0n) is 17.4. The molecule has 5 nitrogen and oxygen atoms in total. The molecule has 2 aliphatic rings. The molecule has 29 heavy (non-hydrogen) atoms. The van der Waals surface area contributed by atoms with Gasteiger partial charge in [0.15, 0.2) is 0 Å². The molecule has 5 heteroatoms. The van der Waals surface area contributed by atoms with Crippen molar-refractivity contribution in [2.45, 2.75) is 58.5 Å². The predicted octanol–water partition coefficient (Wildman–Crippen LogP) is 4.56. The highest BCUT2D eigenvalue weighted by molar-refractivity contribution is 6.06. The lowest BCUT2D eigenvalue weighted by Crippen LogP contribution is -2.40. The molecule has 0 aliphatic carbocycles. The van der Waals surface area contributed by atoms with E-state index < -0.39 is 5.79 Å².